The van der Waals surface area contributed by atoms with Crippen LogP contribution in [0.25, 0.3) is 22.4 Å². The summed E-state index contributed by atoms with van der Waals surface area (Å²) in [5.41, 5.74) is 4.23. The molecule has 0 aliphatic heterocycles. The van der Waals surface area contributed by atoms with E-state index < -0.39 is 5.82 Å². The monoisotopic (exact) mass is 443 g/mol. The molecule has 1 fully saturated rings. The molecule has 33 heavy (non-hydrogen) atoms. The molecule has 8 heteroatoms. The van der Waals surface area contributed by atoms with Gasteiger partial charge in [-0.15, -0.1) is 0 Å². The van der Waals surface area contributed by atoms with Crippen LogP contribution in [0.3, 0.4) is 0 Å². The molecule has 3 aromatic heterocycles. The van der Waals surface area contributed by atoms with E-state index in [1.165, 1.54) is 6.07 Å². The highest BCUT2D eigenvalue weighted by Gasteiger charge is 2.33. The SMILES string of the molecule is Cc1ncc2c(n1)CCC(NC(=O)c1cc(-c3ccccc3F)nc3onc(C4CC4)c13)C2. The number of carbonyl (C=O) groups excluding carboxylic acids is 1. The third kappa shape index (κ3) is 3.65. The van der Waals surface area contributed by atoms with Gasteiger partial charge in [-0.1, -0.05) is 17.3 Å². The van der Waals surface area contributed by atoms with Crippen LogP contribution in [-0.2, 0) is 12.8 Å². The number of rotatable bonds is 4. The van der Waals surface area contributed by atoms with Gasteiger partial charge in [0.15, 0.2) is 0 Å². The van der Waals surface area contributed by atoms with Crippen molar-refractivity contribution in [3.63, 3.8) is 0 Å². The van der Waals surface area contributed by atoms with Gasteiger partial charge in [0.2, 0.25) is 0 Å². The molecule has 3 heterocycles. The lowest BCUT2D eigenvalue weighted by molar-refractivity contribution is 0.0935. The maximum Gasteiger partial charge on any atom is 0.259 e. The van der Waals surface area contributed by atoms with Gasteiger partial charge in [0.25, 0.3) is 11.6 Å². The van der Waals surface area contributed by atoms with Crippen LogP contribution in [0, 0.1) is 12.7 Å². The van der Waals surface area contributed by atoms with E-state index in [1.54, 1.807) is 24.3 Å². The lowest BCUT2D eigenvalue weighted by Gasteiger charge is -2.25. The average Bonchev–Trinajstić information content (AvgIpc) is 3.57. The number of amides is 1. The Hall–Kier alpha value is -3.68. The predicted octanol–water partition coefficient (Wildman–Crippen LogP) is 4.29. The molecule has 0 bridgehead atoms. The average molecular weight is 443 g/mol. The van der Waals surface area contributed by atoms with E-state index in [1.807, 2.05) is 13.1 Å². The maximum atomic E-state index is 14.5. The van der Waals surface area contributed by atoms with Gasteiger partial charge in [-0.3, -0.25) is 4.79 Å². The zero-order valence-electron chi connectivity index (χ0n) is 18.1. The third-order valence-corrected chi connectivity index (χ3v) is 6.44. The minimum atomic E-state index is -0.406. The summed E-state index contributed by atoms with van der Waals surface area (Å²) in [6.45, 7) is 1.88. The van der Waals surface area contributed by atoms with Crippen molar-refractivity contribution in [2.75, 3.05) is 0 Å². The summed E-state index contributed by atoms with van der Waals surface area (Å²) in [7, 11) is 0. The summed E-state index contributed by atoms with van der Waals surface area (Å²) in [5, 5.41) is 8.01. The van der Waals surface area contributed by atoms with Crippen molar-refractivity contribution in [2.24, 2.45) is 0 Å². The molecule has 0 saturated heterocycles. The Morgan fingerprint density at radius 2 is 2.03 bits per heavy atom. The first-order valence-corrected chi connectivity index (χ1v) is 11.2. The first-order valence-electron chi connectivity index (χ1n) is 11.2. The number of aryl methyl sites for hydroxylation is 2. The molecule has 1 unspecified atom stereocenters. The number of fused-ring (bicyclic) bond motifs is 2. The summed E-state index contributed by atoms with van der Waals surface area (Å²) < 4.78 is 20.0. The molecule has 7 nitrogen and oxygen atoms in total. The number of aromatic nitrogens is 4. The summed E-state index contributed by atoms with van der Waals surface area (Å²) in [5.74, 6) is 0.403. The van der Waals surface area contributed by atoms with E-state index in [-0.39, 0.29) is 23.6 Å². The Bertz CT molecular complexity index is 1400. The lowest BCUT2D eigenvalue weighted by Crippen LogP contribution is -2.39. The van der Waals surface area contributed by atoms with E-state index in [4.69, 9.17) is 4.52 Å². The third-order valence-electron chi connectivity index (χ3n) is 6.44. The van der Waals surface area contributed by atoms with Crippen LogP contribution in [0.4, 0.5) is 4.39 Å². The second-order valence-electron chi connectivity index (χ2n) is 8.86. The van der Waals surface area contributed by atoms with Crippen molar-refractivity contribution in [1.29, 1.82) is 0 Å². The number of carbonyl (C=O) groups is 1. The molecule has 2 aliphatic rings. The first kappa shape index (κ1) is 20.0. The number of nitrogens with zero attached hydrogens (tertiary/aromatic N) is 4. The molecule has 1 amide bonds. The number of hydrogen-bond donors (Lipinski definition) is 1. The second kappa shape index (κ2) is 7.72. The van der Waals surface area contributed by atoms with Crippen LogP contribution in [0.5, 0.6) is 0 Å². The number of benzene rings is 1. The largest absolute Gasteiger partial charge is 0.349 e. The zero-order chi connectivity index (χ0) is 22.5. The normalized spacial score (nSPS) is 17.7. The molecule has 1 N–H and O–H groups in total. The van der Waals surface area contributed by atoms with Crippen LogP contribution >= 0.6 is 0 Å². The van der Waals surface area contributed by atoms with Gasteiger partial charge >= 0.3 is 0 Å². The minimum absolute atomic E-state index is 0.0410. The molecule has 1 atom stereocenters. The fourth-order valence-corrected chi connectivity index (χ4v) is 4.59. The van der Waals surface area contributed by atoms with Gasteiger partial charge in [-0.05, 0) is 62.8 Å². The number of nitrogens with one attached hydrogen (secondary N) is 1. The molecular formula is C25H22FN5O2. The first-order chi connectivity index (χ1) is 16.1. The Morgan fingerprint density at radius 3 is 2.85 bits per heavy atom. The molecule has 4 aromatic rings. The highest BCUT2D eigenvalue weighted by molar-refractivity contribution is 6.07. The van der Waals surface area contributed by atoms with Gasteiger partial charge in [-0.25, -0.2) is 19.3 Å². The van der Waals surface area contributed by atoms with Gasteiger partial charge in [0.05, 0.1) is 22.3 Å². The molecule has 1 aromatic carbocycles. The Kier molecular flexibility index (Phi) is 4.67. The van der Waals surface area contributed by atoms with Gasteiger partial charge in [-0.2, -0.15) is 0 Å². The van der Waals surface area contributed by atoms with Crippen molar-refractivity contribution in [3.8, 4) is 11.3 Å². The van der Waals surface area contributed by atoms with Crippen LogP contribution in [0.2, 0.25) is 0 Å². The van der Waals surface area contributed by atoms with Crippen molar-refractivity contribution in [2.45, 2.75) is 51.0 Å². The zero-order valence-corrected chi connectivity index (χ0v) is 18.1. The topological polar surface area (TPSA) is 93.8 Å². The van der Waals surface area contributed by atoms with Crippen molar-refractivity contribution in [1.82, 2.24) is 25.4 Å². The molecular weight excluding hydrogens is 421 g/mol. The Balaban J connectivity index is 1.37. The number of halogens is 1. The van der Waals surface area contributed by atoms with E-state index >= 15 is 0 Å². The molecule has 6 rings (SSSR count). The highest BCUT2D eigenvalue weighted by Crippen LogP contribution is 2.43. The van der Waals surface area contributed by atoms with E-state index in [0.717, 1.165) is 48.5 Å². The number of pyridine rings is 1. The Morgan fingerprint density at radius 1 is 1.18 bits per heavy atom. The fraction of sp³-hybridized carbons (Fsp3) is 0.320. The summed E-state index contributed by atoms with van der Waals surface area (Å²) in [6, 6.07) is 7.99. The van der Waals surface area contributed by atoms with Gasteiger partial charge < -0.3 is 9.84 Å². The van der Waals surface area contributed by atoms with Crippen LogP contribution < -0.4 is 5.32 Å². The van der Waals surface area contributed by atoms with Gasteiger partial charge in [0, 0.05) is 29.4 Å². The smallest absolute Gasteiger partial charge is 0.259 e. The fourth-order valence-electron chi connectivity index (χ4n) is 4.59. The minimum Gasteiger partial charge on any atom is -0.349 e. The lowest BCUT2D eigenvalue weighted by atomic mass is 9.92. The second-order valence-corrected chi connectivity index (χ2v) is 8.86. The van der Waals surface area contributed by atoms with Crippen LogP contribution in [0.1, 0.15) is 58.3 Å². The molecule has 1 saturated carbocycles. The van der Waals surface area contributed by atoms with E-state index in [2.05, 4.69) is 25.4 Å². The van der Waals surface area contributed by atoms with Crippen LogP contribution in [-0.4, -0.2) is 32.1 Å². The summed E-state index contributed by atoms with van der Waals surface area (Å²) in [6.07, 6.45) is 6.13. The van der Waals surface area contributed by atoms with E-state index in [9.17, 15) is 9.18 Å². The van der Waals surface area contributed by atoms with Crippen molar-refractivity contribution >= 4 is 17.0 Å². The maximum absolute atomic E-state index is 14.5. The van der Waals surface area contributed by atoms with Crippen LogP contribution in [0.15, 0.2) is 41.1 Å². The van der Waals surface area contributed by atoms with E-state index in [0.29, 0.717) is 28.6 Å². The van der Waals surface area contributed by atoms with Gasteiger partial charge in [0.1, 0.15) is 11.6 Å². The molecule has 0 spiro atoms. The van der Waals surface area contributed by atoms with Crippen molar-refractivity contribution in [3.05, 3.63) is 70.7 Å². The number of hydrogen-bond acceptors (Lipinski definition) is 6. The van der Waals surface area contributed by atoms with Crippen molar-refractivity contribution < 1.29 is 13.7 Å². The molecule has 166 valence electrons. The molecule has 0 radical (unpaired) electrons. The quantitative estimate of drug-likeness (QED) is 0.506. The Labute approximate surface area is 189 Å². The summed E-state index contributed by atoms with van der Waals surface area (Å²) in [4.78, 5) is 26.8. The predicted molar refractivity (Wildman–Crippen MR) is 119 cm³/mol. The highest BCUT2D eigenvalue weighted by atomic mass is 19.1. The molecule has 2 aliphatic carbocycles. The summed E-state index contributed by atoms with van der Waals surface area (Å²) >= 11 is 0. The standard InChI is InChI=1S/C25H22FN5O2/c1-13-27-12-15-10-16(8-9-20(15)28-13)29-24(32)18-11-21(17-4-2-3-5-19(17)26)30-25-22(18)23(31-33-25)14-6-7-14/h2-5,11-12,14,16H,6-10H2,1H3,(H,29,32).